The molecule has 0 aliphatic heterocycles. The Bertz CT molecular complexity index is 375. The highest BCUT2D eigenvalue weighted by molar-refractivity contribution is 9.10. The lowest BCUT2D eigenvalue weighted by Gasteiger charge is -2.41. The predicted molar refractivity (Wildman–Crippen MR) is 70.5 cm³/mol. The van der Waals surface area contributed by atoms with E-state index in [4.69, 9.17) is 5.73 Å². The van der Waals surface area contributed by atoms with E-state index < -0.39 is 0 Å². The van der Waals surface area contributed by atoms with Gasteiger partial charge in [0.15, 0.2) is 0 Å². The number of thioether (sulfide) groups is 1. The molecule has 0 aromatic heterocycles. The Morgan fingerprint density at radius 3 is 2.56 bits per heavy atom. The Balaban J connectivity index is 2.43. The number of hydrogen-bond acceptors (Lipinski definition) is 2. The van der Waals surface area contributed by atoms with Crippen LogP contribution in [0.5, 0.6) is 0 Å². The van der Waals surface area contributed by atoms with Crippen molar-refractivity contribution in [2.45, 2.75) is 29.6 Å². The van der Waals surface area contributed by atoms with Crippen LogP contribution < -0.4 is 5.73 Å². The monoisotopic (exact) mass is 303 g/mol. The van der Waals surface area contributed by atoms with Crippen LogP contribution in [0.1, 0.15) is 24.8 Å². The molecule has 1 fully saturated rings. The molecule has 1 saturated carbocycles. The molecule has 1 aromatic rings. The molecule has 0 saturated heterocycles. The summed E-state index contributed by atoms with van der Waals surface area (Å²) in [4.78, 5) is 0.676. The molecule has 4 heteroatoms. The molecule has 88 valence electrons. The van der Waals surface area contributed by atoms with Gasteiger partial charge in [0.2, 0.25) is 0 Å². The summed E-state index contributed by atoms with van der Waals surface area (Å²) in [6.45, 7) is 0.609. The van der Waals surface area contributed by atoms with Gasteiger partial charge in [0.05, 0.1) is 4.90 Å². The second kappa shape index (κ2) is 4.67. The maximum atomic E-state index is 13.8. The first-order valence-corrected chi connectivity index (χ1v) is 7.38. The number of halogens is 2. The summed E-state index contributed by atoms with van der Waals surface area (Å²) in [6, 6.07) is 3.68. The van der Waals surface area contributed by atoms with Gasteiger partial charge in [0.25, 0.3) is 0 Å². The minimum atomic E-state index is -0.142. The summed E-state index contributed by atoms with van der Waals surface area (Å²) in [5.41, 5.74) is 6.90. The third-order valence-electron chi connectivity index (χ3n) is 3.52. The zero-order valence-electron chi connectivity index (χ0n) is 9.22. The lowest BCUT2D eigenvalue weighted by Crippen LogP contribution is -2.41. The molecule has 0 atom stereocenters. The average Bonchev–Trinajstić information content (AvgIpc) is 2.16. The Kier molecular flexibility index (Phi) is 3.62. The first kappa shape index (κ1) is 12.4. The van der Waals surface area contributed by atoms with Crippen molar-refractivity contribution in [3.63, 3.8) is 0 Å². The highest BCUT2D eigenvalue weighted by Gasteiger charge is 2.38. The van der Waals surface area contributed by atoms with Crippen LogP contribution >= 0.6 is 27.7 Å². The van der Waals surface area contributed by atoms with Crippen molar-refractivity contribution in [3.05, 3.63) is 28.0 Å². The first-order chi connectivity index (χ1) is 7.63. The van der Waals surface area contributed by atoms with Crippen LogP contribution in [0.15, 0.2) is 21.5 Å². The Morgan fingerprint density at radius 1 is 1.50 bits per heavy atom. The summed E-state index contributed by atoms with van der Waals surface area (Å²) in [7, 11) is 0. The van der Waals surface area contributed by atoms with Crippen molar-refractivity contribution in [1.82, 2.24) is 0 Å². The largest absolute Gasteiger partial charge is 0.330 e. The molecule has 2 N–H and O–H groups in total. The van der Waals surface area contributed by atoms with Gasteiger partial charge >= 0.3 is 0 Å². The van der Waals surface area contributed by atoms with Crippen molar-refractivity contribution in [1.29, 1.82) is 0 Å². The topological polar surface area (TPSA) is 26.0 Å². The summed E-state index contributed by atoms with van der Waals surface area (Å²) in [5.74, 6) is -0.142. The Morgan fingerprint density at radius 2 is 2.19 bits per heavy atom. The third kappa shape index (κ3) is 1.91. The summed E-state index contributed by atoms with van der Waals surface area (Å²) in [6.07, 6.45) is 5.23. The van der Waals surface area contributed by atoms with Crippen LogP contribution in [0.2, 0.25) is 0 Å². The highest BCUT2D eigenvalue weighted by atomic mass is 79.9. The van der Waals surface area contributed by atoms with Gasteiger partial charge in [-0.3, -0.25) is 0 Å². The molecular formula is C12H15BrFNS. The van der Waals surface area contributed by atoms with Gasteiger partial charge in [-0.2, -0.15) is 0 Å². The Hall–Kier alpha value is -0.0600. The SMILES string of the molecule is CSc1c(F)cc(C2(CN)CCC2)cc1Br. The second-order valence-corrected chi connectivity index (χ2v) is 5.98. The van der Waals surface area contributed by atoms with Gasteiger partial charge < -0.3 is 5.73 Å². The van der Waals surface area contributed by atoms with E-state index in [-0.39, 0.29) is 11.2 Å². The smallest absolute Gasteiger partial charge is 0.138 e. The number of benzene rings is 1. The van der Waals surface area contributed by atoms with E-state index in [0.29, 0.717) is 11.4 Å². The number of nitrogens with two attached hydrogens (primary N) is 1. The van der Waals surface area contributed by atoms with E-state index in [9.17, 15) is 4.39 Å². The van der Waals surface area contributed by atoms with E-state index >= 15 is 0 Å². The maximum Gasteiger partial charge on any atom is 0.138 e. The molecule has 2 rings (SSSR count). The molecule has 0 unspecified atom stereocenters. The standard InChI is InChI=1S/C12H15BrFNS/c1-16-11-9(13)5-8(6-10(11)14)12(7-15)3-2-4-12/h5-6H,2-4,7,15H2,1H3. The van der Waals surface area contributed by atoms with E-state index in [0.717, 1.165) is 22.9 Å². The van der Waals surface area contributed by atoms with E-state index in [2.05, 4.69) is 15.9 Å². The van der Waals surface area contributed by atoms with Gasteiger partial charge in [0.1, 0.15) is 5.82 Å². The van der Waals surface area contributed by atoms with Crippen molar-refractivity contribution in [2.75, 3.05) is 12.8 Å². The zero-order chi connectivity index (χ0) is 11.8. The molecule has 16 heavy (non-hydrogen) atoms. The van der Waals surface area contributed by atoms with E-state index in [1.165, 1.54) is 18.2 Å². The van der Waals surface area contributed by atoms with Crippen LogP contribution in [-0.4, -0.2) is 12.8 Å². The lowest BCUT2D eigenvalue weighted by molar-refractivity contribution is 0.252. The molecule has 0 heterocycles. The van der Waals surface area contributed by atoms with Gasteiger partial charge in [-0.05, 0) is 52.7 Å². The van der Waals surface area contributed by atoms with E-state index in [1.807, 2.05) is 12.3 Å². The summed E-state index contributed by atoms with van der Waals surface area (Å²) >= 11 is 4.85. The molecule has 0 radical (unpaired) electrons. The van der Waals surface area contributed by atoms with Crippen LogP contribution in [0.25, 0.3) is 0 Å². The molecule has 0 spiro atoms. The Labute approximate surface area is 108 Å². The first-order valence-electron chi connectivity index (χ1n) is 5.36. The minimum Gasteiger partial charge on any atom is -0.330 e. The minimum absolute atomic E-state index is 0.0281. The summed E-state index contributed by atoms with van der Waals surface area (Å²) in [5, 5.41) is 0. The fourth-order valence-electron chi connectivity index (χ4n) is 2.28. The van der Waals surface area contributed by atoms with Crippen LogP contribution in [0.3, 0.4) is 0 Å². The normalized spacial score (nSPS) is 18.2. The van der Waals surface area contributed by atoms with Crippen molar-refractivity contribution < 1.29 is 4.39 Å². The van der Waals surface area contributed by atoms with Crippen molar-refractivity contribution in [3.8, 4) is 0 Å². The molecule has 0 amide bonds. The zero-order valence-corrected chi connectivity index (χ0v) is 11.6. The number of rotatable bonds is 3. The fourth-order valence-corrected chi connectivity index (χ4v) is 3.70. The number of hydrogen-bond donors (Lipinski definition) is 1. The van der Waals surface area contributed by atoms with Crippen molar-refractivity contribution in [2.24, 2.45) is 5.73 Å². The maximum absolute atomic E-state index is 13.8. The van der Waals surface area contributed by atoms with Crippen LogP contribution in [-0.2, 0) is 5.41 Å². The second-order valence-electron chi connectivity index (χ2n) is 4.31. The fraction of sp³-hybridized carbons (Fsp3) is 0.500. The molecule has 0 bridgehead atoms. The van der Waals surface area contributed by atoms with E-state index in [1.54, 1.807) is 6.07 Å². The van der Waals surface area contributed by atoms with Gasteiger partial charge in [0, 0.05) is 16.4 Å². The summed E-state index contributed by atoms with van der Waals surface area (Å²) < 4.78 is 14.7. The molecule has 1 aliphatic carbocycles. The molecular weight excluding hydrogens is 289 g/mol. The average molecular weight is 304 g/mol. The van der Waals surface area contributed by atoms with Gasteiger partial charge in [-0.25, -0.2) is 4.39 Å². The van der Waals surface area contributed by atoms with Crippen LogP contribution in [0.4, 0.5) is 4.39 Å². The van der Waals surface area contributed by atoms with Gasteiger partial charge in [-0.1, -0.05) is 6.42 Å². The molecule has 1 nitrogen and oxygen atoms in total. The molecule has 1 aromatic carbocycles. The highest BCUT2D eigenvalue weighted by Crippen LogP contribution is 2.45. The molecule has 1 aliphatic rings. The quantitative estimate of drug-likeness (QED) is 0.862. The van der Waals surface area contributed by atoms with Crippen LogP contribution in [0, 0.1) is 5.82 Å². The van der Waals surface area contributed by atoms with Crippen molar-refractivity contribution >= 4 is 27.7 Å². The third-order valence-corrected chi connectivity index (χ3v) is 5.23. The van der Waals surface area contributed by atoms with Gasteiger partial charge in [-0.15, -0.1) is 11.8 Å². The predicted octanol–water partition coefficient (Wildman–Crippen LogP) is 3.69. The lowest BCUT2D eigenvalue weighted by atomic mass is 9.64.